The fourth-order valence-electron chi connectivity index (χ4n) is 2.00. The Hall–Kier alpha value is -1.28. The van der Waals surface area contributed by atoms with Crippen molar-refractivity contribution in [3.63, 3.8) is 0 Å². The van der Waals surface area contributed by atoms with Crippen molar-refractivity contribution in [2.24, 2.45) is 0 Å². The van der Waals surface area contributed by atoms with Gasteiger partial charge in [0.05, 0.1) is 5.52 Å². The van der Waals surface area contributed by atoms with Crippen molar-refractivity contribution in [2.45, 2.75) is 18.9 Å². The van der Waals surface area contributed by atoms with Crippen LogP contribution in [-0.2, 0) is 0 Å². The molecule has 0 radical (unpaired) electrons. The van der Waals surface area contributed by atoms with Crippen LogP contribution in [0.5, 0.6) is 0 Å². The minimum absolute atomic E-state index is 0.569. The molecule has 0 saturated heterocycles. The number of fused-ring (bicyclic) bond motifs is 1. The molecule has 0 atom stereocenters. The molecule has 3 heteroatoms. The SMILES string of the molecule is O=Cc1cn(C2CC2)c2cc(Cl)ccc12. The number of hydrogen-bond donors (Lipinski definition) is 0. The molecule has 1 saturated carbocycles. The predicted octanol–water partition coefficient (Wildman–Crippen LogP) is 3.44. The van der Waals surface area contributed by atoms with Gasteiger partial charge in [-0.15, -0.1) is 0 Å². The van der Waals surface area contributed by atoms with Gasteiger partial charge in [0.25, 0.3) is 0 Å². The van der Waals surface area contributed by atoms with Gasteiger partial charge in [0.15, 0.2) is 6.29 Å². The van der Waals surface area contributed by atoms with Crippen LogP contribution in [0.15, 0.2) is 24.4 Å². The van der Waals surface area contributed by atoms with Crippen molar-refractivity contribution in [3.8, 4) is 0 Å². The second-order valence-electron chi connectivity index (χ2n) is 4.00. The first kappa shape index (κ1) is 8.98. The van der Waals surface area contributed by atoms with Crippen LogP contribution in [0.4, 0.5) is 0 Å². The van der Waals surface area contributed by atoms with Crippen molar-refractivity contribution in [1.82, 2.24) is 4.57 Å². The van der Waals surface area contributed by atoms with E-state index in [1.54, 1.807) is 0 Å². The van der Waals surface area contributed by atoms with E-state index in [0.29, 0.717) is 6.04 Å². The van der Waals surface area contributed by atoms with Crippen LogP contribution in [0, 0.1) is 0 Å². The molecule has 15 heavy (non-hydrogen) atoms. The standard InChI is InChI=1S/C12H10ClNO/c13-9-1-4-11-8(7-15)6-14(10-2-3-10)12(11)5-9/h1,4-7,10H,2-3H2. The van der Waals surface area contributed by atoms with Crippen molar-refractivity contribution < 1.29 is 4.79 Å². The molecule has 0 aliphatic heterocycles. The largest absolute Gasteiger partial charge is 0.344 e. The summed E-state index contributed by atoms with van der Waals surface area (Å²) in [7, 11) is 0. The number of nitrogens with zero attached hydrogens (tertiary/aromatic N) is 1. The second-order valence-corrected chi connectivity index (χ2v) is 4.44. The van der Waals surface area contributed by atoms with E-state index in [4.69, 9.17) is 11.6 Å². The van der Waals surface area contributed by atoms with Crippen molar-refractivity contribution in [2.75, 3.05) is 0 Å². The molecule has 3 rings (SSSR count). The summed E-state index contributed by atoms with van der Waals surface area (Å²) in [6.07, 6.45) is 5.25. The number of aromatic nitrogens is 1. The average Bonchev–Trinajstić information content (AvgIpc) is 3.00. The topological polar surface area (TPSA) is 22.0 Å². The van der Waals surface area contributed by atoms with Gasteiger partial charge in [-0.2, -0.15) is 0 Å². The van der Waals surface area contributed by atoms with E-state index in [-0.39, 0.29) is 0 Å². The van der Waals surface area contributed by atoms with Gasteiger partial charge in [0.1, 0.15) is 0 Å². The lowest BCUT2D eigenvalue weighted by Gasteiger charge is -2.01. The van der Waals surface area contributed by atoms with E-state index < -0.39 is 0 Å². The first-order valence-corrected chi connectivity index (χ1v) is 5.42. The van der Waals surface area contributed by atoms with Gasteiger partial charge in [0.2, 0.25) is 0 Å². The Kier molecular flexibility index (Phi) is 1.86. The number of carbonyl (C=O) groups excluding carboxylic acids is 1. The molecule has 1 aromatic heterocycles. The van der Waals surface area contributed by atoms with Gasteiger partial charge in [-0.25, -0.2) is 0 Å². The van der Waals surface area contributed by atoms with Crippen LogP contribution < -0.4 is 0 Å². The zero-order chi connectivity index (χ0) is 10.4. The molecule has 2 aromatic rings. The third kappa shape index (κ3) is 1.37. The average molecular weight is 220 g/mol. The lowest BCUT2D eigenvalue weighted by Crippen LogP contribution is -1.89. The lowest BCUT2D eigenvalue weighted by molar-refractivity contribution is 0.112. The van der Waals surface area contributed by atoms with Gasteiger partial charge in [-0.1, -0.05) is 17.7 Å². The smallest absolute Gasteiger partial charge is 0.152 e. The van der Waals surface area contributed by atoms with Crippen LogP contribution in [0.3, 0.4) is 0 Å². The van der Waals surface area contributed by atoms with Gasteiger partial charge in [-0.05, 0) is 25.0 Å². The summed E-state index contributed by atoms with van der Waals surface area (Å²) in [6.45, 7) is 0. The molecule has 0 N–H and O–H groups in total. The van der Waals surface area contributed by atoms with Gasteiger partial charge in [0, 0.05) is 28.2 Å². The highest BCUT2D eigenvalue weighted by Gasteiger charge is 2.25. The summed E-state index contributed by atoms with van der Waals surface area (Å²) >= 11 is 5.97. The summed E-state index contributed by atoms with van der Waals surface area (Å²) in [5, 5.41) is 1.72. The predicted molar refractivity (Wildman–Crippen MR) is 60.6 cm³/mol. The molecule has 0 bridgehead atoms. The van der Waals surface area contributed by atoms with Crippen LogP contribution in [0.25, 0.3) is 10.9 Å². The Labute approximate surface area is 92.5 Å². The normalized spacial score (nSPS) is 15.8. The van der Waals surface area contributed by atoms with E-state index >= 15 is 0 Å². The Balaban J connectivity index is 2.33. The van der Waals surface area contributed by atoms with E-state index in [2.05, 4.69) is 4.57 Å². The van der Waals surface area contributed by atoms with Crippen LogP contribution in [0.1, 0.15) is 29.2 Å². The van der Waals surface area contributed by atoms with Crippen LogP contribution >= 0.6 is 11.6 Å². The van der Waals surface area contributed by atoms with E-state index in [9.17, 15) is 4.79 Å². The maximum absolute atomic E-state index is 10.9. The zero-order valence-corrected chi connectivity index (χ0v) is 8.87. The number of halogens is 1. The van der Waals surface area contributed by atoms with E-state index in [1.807, 2.05) is 24.4 Å². The number of carbonyl (C=O) groups is 1. The molecule has 0 amide bonds. The highest BCUT2D eigenvalue weighted by atomic mass is 35.5. The van der Waals surface area contributed by atoms with Gasteiger partial charge < -0.3 is 4.57 Å². The fourth-order valence-corrected chi connectivity index (χ4v) is 2.17. The summed E-state index contributed by atoms with van der Waals surface area (Å²) in [5.74, 6) is 0. The summed E-state index contributed by atoms with van der Waals surface area (Å²) in [6, 6.07) is 6.25. The first-order valence-electron chi connectivity index (χ1n) is 5.05. The van der Waals surface area contributed by atoms with Crippen molar-refractivity contribution in [3.05, 3.63) is 35.0 Å². The maximum Gasteiger partial charge on any atom is 0.152 e. The highest BCUT2D eigenvalue weighted by Crippen LogP contribution is 2.39. The molecule has 0 spiro atoms. The highest BCUT2D eigenvalue weighted by molar-refractivity contribution is 6.31. The number of rotatable bonds is 2. The van der Waals surface area contributed by atoms with E-state index in [0.717, 1.165) is 27.8 Å². The molecule has 1 aliphatic rings. The van der Waals surface area contributed by atoms with Crippen LogP contribution in [0.2, 0.25) is 5.02 Å². The summed E-state index contributed by atoms with van der Waals surface area (Å²) in [4.78, 5) is 10.9. The Morgan fingerprint density at radius 3 is 2.87 bits per heavy atom. The Morgan fingerprint density at radius 2 is 2.20 bits per heavy atom. The molecule has 76 valence electrons. The van der Waals surface area contributed by atoms with Gasteiger partial charge >= 0.3 is 0 Å². The Morgan fingerprint density at radius 1 is 1.40 bits per heavy atom. The minimum atomic E-state index is 0.569. The molecule has 1 aromatic carbocycles. The first-order chi connectivity index (χ1) is 7.29. The number of benzene rings is 1. The fraction of sp³-hybridized carbons (Fsp3) is 0.250. The zero-order valence-electron chi connectivity index (χ0n) is 8.11. The minimum Gasteiger partial charge on any atom is -0.344 e. The van der Waals surface area contributed by atoms with Crippen molar-refractivity contribution >= 4 is 28.8 Å². The second kappa shape index (κ2) is 3.11. The Bertz CT molecular complexity index is 540. The lowest BCUT2D eigenvalue weighted by atomic mass is 10.2. The molecule has 1 aliphatic carbocycles. The van der Waals surface area contributed by atoms with Crippen LogP contribution in [-0.4, -0.2) is 10.9 Å². The molecule has 1 heterocycles. The number of hydrogen-bond acceptors (Lipinski definition) is 1. The molecule has 2 nitrogen and oxygen atoms in total. The molecular weight excluding hydrogens is 210 g/mol. The quantitative estimate of drug-likeness (QED) is 0.710. The summed E-state index contributed by atoms with van der Waals surface area (Å²) in [5.41, 5.74) is 1.83. The van der Waals surface area contributed by atoms with Gasteiger partial charge in [-0.3, -0.25) is 4.79 Å². The summed E-state index contributed by atoms with van der Waals surface area (Å²) < 4.78 is 2.17. The van der Waals surface area contributed by atoms with Crippen molar-refractivity contribution in [1.29, 1.82) is 0 Å². The molecule has 1 fully saturated rings. The monoisotopic (exact) mass is 219 g/mol. The molecular formula is C12H10ClNO. The maximum atomic E-state index is 10.9. The third-order valence-electron chi connectivity index (χ3n) is 2.89. The third-order valence-corrected chi connectivity index (χ3v) is 3.13. The molecule has 0 unspecified atom stereocenters. The van der Waals surface area contributed by atoms with E-state index in [1.165, 1.54) is 12.8 Å². The number of aldehydes is 1.